The molecule has 1 aromatic heterocycles. The fraction of sp³-hybridized carbons (Fsp3) is 0.0233. The molecule has 0 spiro atoms. The molecule has 2 bridgehead atoms. The van der Waals surface area contributed by atoms with Crippen molar-refractivity contribution in [3.8, 4) is 67.9 Å². The number of hydrogen-bond donors (Lipinski definition) is 11. The first-order chi connectivity index (χ1) is 27.3. The van der Waals surface area contributed by atoms with Crippen LogP contribution in [0.1, 0.15) is 11.3 Å². The second-order valence-electron chi connectivity index (χ2n) is 13.6. The van der Waals surface area contributed by atoms with Crippen LogP contribution in [0.4, 0.5) is 0 Å². The molecule has 6 aromatic carbocycles. The van der Waals surface area contributed by atoms with Gasteiger partial charge in [-0.25, -0.2) is 0 Å². The Kier molecular flexibility index (Phi) is 7.45. The summed E-state index contributed by atoms with van der Waals surface area (Å²) in [6.07, 6.45) is 1.10. The second-order valence-corrected chi connectivity index (χ2v) is 13.6. The van der Waals surface area contributed by atoms with Gasteiger partial charge in [-0.15, -0.1) is 0 Å². The standard InChI is InChI=1S/C43H26B2O12/c44-29-20-14-21(32(47)39(54)37(29)52)31(46)36(51)28-26-25(34(49)40(55)41(56)43(26)57-42(20)28)23-16-10-4-6-12-18(16)24(19-13-7-5-11-17(19)23)27-33(48)22(15-8-2-1-3-9-15)30(45)38(53)35(27)50/h1-14,21,46-56H. The number of phenols is 6. The lowest BCUT2D eigenvalue weighted by atomic mass is 9.79. The molecule has 276 valence electrons. The van der Waals surface area contributed by atoms with Gasteiger partial charge in [-0.05, 0) is 38.0 Å². The maximum absolute atomic E-state index is 12.0. The van der Waals surface area contributed by atoms with Crippen LogP contribution < -0.4 is 5.46 Å². The van der Waals surface area contributed by atoms with E-state index >= 15 is 0 Å². The van der Waals surface area contributed by atoms with Crippen molar-refractivity contribution in [2.24, 2.45) is 5.92 Å². The van der Waals surface area contributed by atoms with Gasteiger partial charge in [0.1, 0.15) is 38.9 Å². The summed E-state index contributed by atoms with van der Waals surface area (Å²) in [5.74, 6) is -11.7. The Labute approximate surface area is 323 Å². The van der Waals surface area contributed by atoms with Crippen LogP contribution >= 0.6 is 0 Å². The van der Waals surface area contributed by atoms with Crippen LogP contribution in [0.2, 0.25) is 0 Å². The molecule has 1 unspecified atom stereocenters. The molecule has 0 fully saturated rings. The number of allylic oxidation sites excluding steroid dienone is 2. The van der Waals surface area contributed by atoms with Crippen LogP contribution in [0.15, 0.2) is 118 Å². The predicted molar refractivity (Wildman–Crippen MR) is 214 cm³/mol. The lowest BCUT2D eigenvalue weighted by molar-refractivity contribution is 0.247. The number of benzene rings is 6. The Bertz CT molecular complexity index is 3040. The van der Waals surface area contributed by atoms with Crippen LogP contribution in [0.25, 0.3) is 77.2 Å². The highest BCUT2D eigenvalue weighted by Crippen LogP contribution is 2.59. The van der Waals surface area contributed by atoms with E-state index in [1.165, 1.54) is 0 Å². The van der Waals surface area contributed by atoms with Crippen molar-refractivity contribution in [3.63, 3.8) is 0 Å². The highest BCUT2D eigenvalue weighted by molar-refractivity contribution is 6.40. The van der Waals surface area contributed by atoms with Crippen molar-refractivity contribution >= 4 is 65.0 Å². The van der Waals surface area contributed by atoms with Gasteiger partial charge in [0.15, 0.2) is 45.9 Å². The largest absolute Gasteiger partial charge is 0.507 e. The van der Waals surface area contributed by atoms with Gasteiger partial charge in [-0.1, -0.05) is 84.9 Å². The van der Waals surface area contributed by atoms with E-state index in [9.17, 15) is 56.2 Å². The molecule has 0 amide bonds. The van der Waals surface area contributed by atoms with Gasteiger partial charge < -0.3 is 60.6 Å². The lowest BCUT2D eigenvalue weighted by Gasteiger charge is -2.22. The summed E-state index contributed by atoms with van der Waals surface area (Å²) >= 11 is 0. The summed E-state index contributed by atoms with van der Waals surface area (Å²) in [7, 11) is 12.5. The Hall–Kier alpha value is -7.73. The van der Waals surface area contributed by atoms with Gasteiger partial charge >= 0.3 is 0 Å². The summed E-state index contributed by atoms with van der Waals surface area (Å²) in [5, 5.41) is 125. The molecular weight excluding hydrogens is 730 g/mol. The Morgan fingerprint density at radius 1 is 0.439 bits per heavy atom. The van der Waals surface area contributed by atoms with E-state index in [1.54, 1.807) is 78.9 Å². The monoisotopic (exact) mass is 756 g/mol. The summed E-state index contributed by atoms with van der Waals surface area (Å²) in [6, 6.07) is 21.7. The molecule has 0 aliphatic heterocycles. The quantitative estimate of drug-likeness (QED) is 0.0358. The number of aliphatic hydroxyl groups is 5. The van der Waals surface area contributed by atoms with Gasteiger partial charge in [-0.3, -0.25) is 0 Å². The average Bonchev–Trinajstić information content (AvgIpc) is 3.54. The second kappa shape index (κ2) is 12.1. The minimum atomic E-state index is -1.65. The molecule has 7 aromatic rings. The van der Waals surface area contributed by atoms with E-state index in [-0.39, 0.29) is 49.8 Å². The van der Waals surface area contributed by atoms with Crippen LogP contribution in [-0.4, -0.2) is 71.9 Å². The highest BCUT2D eigenvalue weighted by atomic mass is 16.4. The number of rotatable bonds is 3. The Morgan fingerprint density at radius 3 is 1.53 bits per heavy atom. The van der Waals surface area contributed by atoms with Crippen LogP contribution in [0.3, 0.4) is 0 Å². The minimum absolute atomic E-state index is 0.0491. The number of aliphatic hydroxyl groups excluding tert-OH is 5. The molecule has 2 aliphatic rings. The number of aromatic hydroxyl groups is 6. The minimum Gasteiger partial charge on any atom is -0.507 e. The van der Waals surface area contributed by atoms with Gasteiger partial charge in [0.2, 0.25) is 11.5 Å². The van der Waals surface area contributed by atoms with Crippen LogP contribution in [-0.2, 0) is 0 Å². The molecule has 1 atom stereocenters. The van der Waals surface area contributed by atoms with E-state index < -0.39 is 86.0 Å². The molecule has 1 heterocycles. The zero-order valence-electron chi connectivity index (χ0n) is 29.1. The molecule has 11 N–H and O–H groups in total. The van der Waals surface area contributed by atoms with Crippen LogP contribution in [0.5, 0.6) is 34.5 Å². The zero-order valence-corrected chi connectivity index (χ0v) is 29.1. The summed E-state index contributed by atoms with van der Waals surface area (Å²) < 4.78 is 6.07. The molecule has 14 heteroatoms. The van der Waals surface area contributed by atoms with Gasteiger partial charge in [0.25, 0.3) is 0 Å². The predicted octanol–water partition coefficient (Wildman–Crippen LogP) is 7.84. The molecule has 0 saturated heterocycles. The van der Waals surface area contributed by atoms with E-state index in [0.29, 0.717) is 27.1 Å². The van der Waals surface area contributed by atoms with E-state index in [0.717, 1.165) is 6.08 Å². The normalized spacial score (nSPS) is 15.6. The first-order valence-corrected chi connectivity index (χ1v) is 17.2. The molecule has 57 heavy (non-hydrogen) atoms. The van der Waals surface area contributed by atoms with Crippen molar-refractivity contribution in [2.45, 2.75) is 0 Å². The number of fused-ring (bicyclic) bond motifs is 7. The van der Waals surface area contributed by atoms with E-state index in [2.05, 4.69) is 0 Å². The van der Waals surface area contributed by atoms with E-state index in [4.69, 9.17) is 20.1 Å². The SMILES string of the molecule is [B]C1=C(O)C(O)=C(O)C2C=C1c1oc3c(O)c(O)c(O)c(-c4c5ccccc5c(-c5c(O)c(O)c([B])c(-c6ccccc6)c5O)c5ccccc45)c3c1C(O)=C2O. The number of phenolic OH excluding ortho intramolecular Hbond substituents is 6. The summed E-state index contributed by atoms with van der Waals surface area (Å²) in [4.78, 5) is 0. The van der Waals surface area contributed by atoms with Crippen molar-refractivity contribution in [1.29, 1.82) is 0 Å². The molecular formula is C43H26B2O12. The zero-order chi connectivity index (χ0) is 40.3. The average molecular weight is 756 g/mol. The van der Waals surface area contributed by atoms with Crippen molar-refractivity contribution < 1.29 is 60.6 Å². The topological polar surface area (TPSA) is 236 Å². The summed E-state index contributed by atoms with van der Waals surface area (Å²) in [5.41, 5.74) is -1.52. The third kappa shape index (κ3) is 4.58. The smallest absolute Gasteiger partial charge is 0.205 e. The molecule has 0 saturated carbocycles. The maximum Gasteiger partial charge on any atom is 0.205 e. The molecule has 4 radical (unpaired) electrons. The highest BCUT2D eigenvalue weighted by Gasteiger charge is 2.40. The molecule has 2 aliphatic carbocycles. The lowest BCUT2D eigenvalue weighted by Crippen LogP contribution is -2.09. The van der Waals surface area contributed by atoms with Gasteiger partial charge in [-0.2, -0.15) is 0 Å². The first-order valence-electron chi connectivity index (χ1n) is 17.2. The number of furan rings is 1. The van der Waals surface area contributed by atoms with Crippen molar-refractivity contribution in [2.75, 3.05) is 0 Å². The molecule has 9 rings (SSSR count). The molecule has 12 nitrogen and oxygen atoms in total. The summed E-state index contributed by atoms with van der Waals surface area (Å²) in [6.45, 7) is 0. The third-order valence-corrected chi connectivity index (χ3v) is 10.7. The Morgan fingerprint density at radius 2 is 0.947 bits per heavy atom. The fourth-order valence-corrected chi connectivity index (χ4v) is 8.02. The third-order valence-electron chi connectivity index (χ3n) is 10.7. The maximum atomic E-state index is 12.0. The van der Waals surface area contributed by atoms with Gasteiger partial charge in [0, 0.05) is 33.2 Å². The fourth-order valence-electron chi connectivity index (χ4n) is 8.02. The van der Waals surface area contributed by atoms with Crippen LogP contribution in [0, 0.1) is 5.92 Å². The first kappa shape index (κ1) is 35.0. The van der Waals surface area contributed by atoms with Crippen molar-refractivity contribution in [3.05, 3.63) is 125 Å². The van der Waals surface area contributed by atoms with Gasteiger partial charge in [0.05, 0.1) is 11.1 Å². The number of hydrogen-bond acceptors (Lipinski definition) is 12. The van der Waals surface area contributed by atoms with E-state index in [1.807, 2.05) is 0 Å². The van der Waals surface area contributed by atoms with Crippen molar-refractivity contribution in [1.82, 2.24) is 0 Å². The Balaban J connectivity index is 1.47.